The number of carbonyl (C=O) groups excluding carboxylic acids is 2. The Morgan fingerprint density at radius 3 is 2.74 bits per heavy atom. The van der Waals surface area contributed by atoms with Crippen molar-refractivity contribution in [3.63, 3.8) is 0 Å². The number of aromatic amines is 1. The molecule has 0 fully saturated rings. The van der Waals surface area contributed by atoms with Crippen LogP contribution < -0.4 is 5.32 Å². The Hall–Kier alpha value is -3.19. The van der Waals surface area contributed by atoms with Crippen molar-refractivity contribution in [2.45, 2.75) is 19.8 Å². The van der Waals surface area contributed by atoms with Crippen LogP contribution in [0.3, 0.4) is 0 Å². The van der Waals surface area contributed by atoms with E-state index >= 15 is 0 Å². The maximum absolute atomic E-state index is 12.0. The molecule has 2 aromatic carbocycles. The normalized spacial score (nSPS) is 11.2. The van der Waals surface area contributed by atoms with Crippen molar-refractivity contribution in [2.75, 3.05) is 5.32 Å². The van der Waals surface area contributed by atoms with Crippen molar-refractivity contribution in [2.24, 2.45) is 10.2 Å². The van der Waals surface area contributed by atoms with Crippen LogP contribution >= 0.6 is 11.6 Å². The summed E-state index contributed by atoms with van der Waals surface area (Å²) in [5.41, 5.74) is 2.24. The number of carbonyl (C=O) groups is 2. The zero-order valence-electron chi connectivity index (χ0n) is 14.5. The summed E-state index contributed by atoms with van der Waals surface area (Å²) in [5.74, 6) is -1.04. The molecular formula is C19H17ClN4O3. The van der Waals surface area contributed by atoms with Gasteiger partial charge in [-0.25, -0.2) is 0 Å². The summed E-state index contributed by atoms with van der Waals surface area (Å²) in [7, 11) is 0. The maximum atomic E-state index is 12.0. The van der Waals surface area contributed by atoms with Gasteiger partial charge in [-0.05, 0) is 30.7 Å². The molecule has 3 rings (SSSR count). The number of amides is 2. The van der Waals surface area contributed by atoms with Crippen LogP contribution in [0.5, 0.6) is 5.88 Å². The number of rotatable bonds is 5. The predicted octanol–water partition coefficient (Wildman–Crippen LogP) is 4.86. The first-order valence-corrected chi connectivity index (χ1v) is 8.62. The lowest BCUT2D eigenvalue weighted by atomic mass is 10.2. The Bertz CT molecular complexity index is 1040. The molecule has 0 bridgehead atoms. The number of aromatic hydroxyl groups is 1. The van der Waals surface area contributed by atoms with E-state index in [4.69, 9.17) is 11.6 Å². The lowest BCUT2D eigenvalue weighted by Crippen LogP contribution is -2.13. The molecule has 0 spiro atoms. The van der Waals surface area contributed by atoms with Gasteiger partial charge in [-0.15, -0.1) is 10.2 Å². The third-order valence-electron chi connectivity index (χ3n) is 4.03. The van der Waals surface area contributed by atoms with E-state index in [0.717, 1.165) is 5.56 Å². The molecule has 0 aliphatic carbocycles. The minimum absolute atomic E-state index is 0.0380. The Balaban J connectivity index is 1.59. The van der Waals surface area contributed by atoms with Gasteiger partial charge in [0.15, 0.2) is 5.69 Å². The summed E-state index contributed by atoms with van der Waals surface area (Å²) in [4.78, 5) is 26.7. The standard InChI is InChI=1S/C19H17ClN4O3/c1-11-13(20)6-4-8-14(11)21-16(25)9-10-17(26)23-24-18-12-5-2-3-7-15(12)22-19(18)27/h2-8,22,27H,9-10H2,1H3,(H,21,25). The van der Waals surface area contributed by atoms with Crippen LogP contribution in [-0.2, 0) is 9.59 Å². The van der Waals surface area contributed by atoms with Crippen LogP contribution in [0.2, 0.25) is 5.02 Å². The van der Waals surface area contributed by atoms with Crippen LogP contribution in [0, 0.1) is 6.92 Å². The molecule has 0 aliphatic rings. The van der Waals surface area contributed by atoms with E-state index in [-0.39, 0.29) is 30.3 Å². The second kappa shape index (κ2) is 8.01. The fraction of sp³-hybridized carbons (Fsp3) is 0.158. The van der Waals surface area contributed by atoms with E-state index in [1.165, 1.54) is 0 Å². The molecule has 3 N–H and O–H groups in total. The molecule has 0 atom stereocenters. The highest BCUT2D eigenvalue weighted by Gasteiger charge is 2.12. The molecule has 27 heavy (non-hydrogen) atoms. The zero-order chi connectivity index (χ0) is 19.4. The number of anilines is 1. The van der Waals surface area contributed by atoms with Crippen molar-refractivity contribution in [3.8, 4) is 5.88 Å². The second-order valence-corrected chi connectivity index (χ2v) is 6.33. The monoisotopic (exact) mass is 384 g/mol. The van der Waals surface area contributed by atoms with Crippen molar-refractivity contribution in [1.82, 2.24) is 4.98 Å². The summed E-state index contributed by atoms with van der Waals surface area (Å²) >= 11 is 6.01. The Labute approximate surface area is 160 Å². The van der Waals surface area contributed by atoms with Gasteiger partial charge in [-0.2, -0.15) is 0 Å². The summed E-state index contributed by atoms with van der Waals surface area (Å²) in [6, 6.07) is 12.3. The summed E-state index contributed by atoms with van der Waals surface area (Å²) in [6.07, 6.45) is -0.137. The predicted molar refractivity (Wildman–Crippen MR) is 104 cm³/mol. The number of para-hydroxylation sites is 1. The molecule has 1 aromatic heterocycles. The van der Waals surface area contributed by atoms with Crippen LogP contribution in [0.25, 0.3) is 10.9 Å². The molecule has 0 unspecified atom stereocenters. The van der Waals surface area contributed by atoms with Crippen LogP contribution in [0.15, 0.2) is 52.7 Å². The third kappa shape index (κ3) is 4.32. The fourth-order valence-corrected chi connectivity index (χ4v) is 2.72. The first-order chi connectivity index (χ1) is 13.0. The number of hydrogen-bond donors (Lipinski definition) is 3. The number of H-pyrrole nitrogens is 1. The van der Waals surface area contributed by atoms with Crippen LogP contribution in [0.1, 0.15) is 18.4 Å². The topological polar surface area (TPSA) is 107 Å². The lowest BCUT2D eigenvalue weighted by molar-refractivity contribution is -0.122. The van der Waals surface area contributed by atoms with E-state index < -0.39 is 5.91 Å². The highest BCUT2D eigenvalue weighted by atomic mass is 35.5. The van der Waals surface area contributed by atoms with Crippen LogP contribution in [0.4, 0.5) is 11.4 Å². The van der Waals surface area contributed by atoms with Crippen molar-refractivity contribution in [1.29, 1.82) is 0 Å². The molecule has 8 heteroatoms. The lowest BCUT2D eigenvalue weighted by Gasteiger charge is -2.08. The largest absolute Gasteiger partial charge is 0.493 e. The average molecular weight is 385 g/mol. The Morgan fingerprint density at radius 2 is 1.93 bits per heavy atom. The average Bonchev–Trinajstić information content (AvgIpc) is 2.97. The Kier molecular flexibility index (Phi) is 5.52. The first kappa shape index (κ1) is 18.6. The zero-order valence-corrected chi connectivity index (χ0v) is 15.2. The summed E-state index contributed by atoms with van der Waals surface area (Å²) < 4.78 is 0. The summed E-state index contributed by atoms with van der Waals surface area (Å²) in [6.45, 7) is 1.80. The van der Waals surface area contributed by atoms with E-state index in [9.17, 15) is 14.7 Å². The van der Waals surface area contributed by atoms with Crippen molar-refractivity contribution < 1.29 is 14.7 Å². The smallest absolute Gasteiger partial charge is 0.265 e. The number of aromatic nitrogens is 1. The van der Waals surface area contributed by atoms with Gasteiger partial charge in [0, 0.05) is 28.9 Å². The van der Waals surface area contributed by atoms with Crippen LogP contribution in [-0.4, -0.2) is 21.9 Å². The van der Waals surface area contributed by atoms with E-state index in [0.29, 0.717) is 21.6 Å². The number of hydrogen-bond acceptors (Lipinski definition) is 4. The minimum atomic E-state index is -0.558. The second-order valence-electron chi connectivity index (χ2n) is 5.92. The molecular weight excluding hydrogens is 368 g/mol. The van der Waals surface area contributed by atoms with Gasteiger partial charge >= 0.3 is 0 Å². The highest BCUT2D eigenvalue weighted by molar-refractivity contribution is 6.31. The van der Waals surface area contributed by atoms with E-state index in [2.05, 4.69) is 20.5 Å². The minimum Gasteiger partial charge on any atom is -0.493 e. The highest BCUT2D eigenvalue weighted by Crippen LogP contribution is 2.35. The van der Waals surface area contributed by atoms with Gasteiger partial charge in [0.2, 0.25) is 11.8 Å². The van der Waals surface area contributed by atoms with E-state index in [1.54, 1.807) is 43.3 Å². The molecule has 138 valence electrons. The SMILES string of the molecule is Cc1c(Cl)cccc1NC(=O)CCC(=O)N=Nc1c(O)[nH]c2ccccc12. The number of benzene rings is 2. The van der Waals surface area contributed by atoms with Gasteiger partial charge in [0.1, 0.15) is 0 Å². The third-order valence-corrected chi connectivity index (χ3v) is 4.44. The fourth-order valence-electron chi connectivity index (χ4n) is 2.55. The molecule has 7 nitrogen and oxygen atoms in total. The molecule has 0 saturated carbocycles. The van der Waals surface area contributed by atoms with Crippen molar-refractivity contribution >= 4 is 45.7 Å². The molecule has 1 heterocycles. The molecule has 0 aliphatic heterocycles. The maximum Gasteiger partial charge on any atom is 0.265 e. The number of nitrogens with zero attached hydrogens (tertiary/aromatic N) is 2. The van der Waals surface area contributed by atoms with Gasteiger partial charge in [0.25, 0.3) is 5.91 Å². The summed E-state index contributed by atoms with van der Waals surface area (Å²) in [5, 5.41) is 21.2. The number of nitrogens with one attached hydrogen (secondary N) is 2. The van der Waals surface area contributed by atoms with Gasteiger partial charge in [-0.1, -0.05) is 35.9 Å². The molecule has 2 amide bonds. The molecule has 0 saturated heterocycles. The van der Waals surface area contributed by atoms with Gasteiger partial charge < -0.3 is 15.4 Å². The quantitative estimate of drug-likeness (QED) is 0.546. The van der Waals surface area contributed by atoms with E-state index in [1.807, 2.05) is 6.07 Å². The number of halogens is 1. The Morgan fingerprint density at radius 1 is 1.15 bits per heavy atom. The number of azo groups is 1. The van der Waals surface area contributed by atoms with Gasteiger partial charge in [-0.3, -0.25) is 9.59 Å². The van der Waals surface area contributed by atoms with Crippen molar-refractivity contribution in [3.05, 3.63) is 53.1 Å². The number of fused-ring (bicyclic) bond motifs is 1. The molecule has 3 aromatic rings. The van der Waals surface area contributed by atoms with Gasteiger partial charge in [0.05, 0.1) is 5.52 Å². The first-order valence-electron chi connectivity index (χ1n) is 8.25. The molecule has 0 radical (unpaired) electrons.